The minimum Gasteiger partial charge on any atom is -0.353 e. The average molecular weight is 298 g/mol. The molecule has 0 aromatic carbocycles. The molecule has 22 heavy (non-hydrogen) atoms. The maximum absolute atomic E-state index is 9.19. The largest absolute Gasteiger partial charge is 0.353 e. The first-order valence-corrected chi connectivity index (χ1v) is 7.33. The molecule has 3 rings (SSSR count). The van der Waals surface area contributed by atoms with Crippen molar-refractivity contribution < 1.29 is 4.52 Å². The normalized spacial score (nSPS) is 17.2. The van der Waals surface area contributed by atoms with Crippen molar-refractivity contribution in [2.24, 2.45) is 0 Å². The van der Waals surface area contributed by atoms with Crippen LogP contribution in [0.5, 0.6) is 0 Å². The van der Waals surface area contributed by atoms with Crippen LogP contribution in [0.4, 0.5) is 5.82 Å². The Balaban J connectivity index is 1.66. The number of nitriles is 1. The molecule has 0 aliphatic carbocycles. The van der Waals surface area contributed by atoms with Gasteiger partial charge in [-0.2, -0.15) is 10.2 Å². The number of aromatic nitrogens is 3. The number of nitrogens with zero attached hydrogens (tertiary/aromatic N) is 6. The van der Waals surface area contributed by atoms with Crippen LogP contribution in [0.25, 0.3) is 0 Å². The topological polar surface area (TPSA) is 82.1 Å². The van der Waals surface area contributed by atoms with Gasteiger partial charge in [-0.1, -0.05) is 5.16 Å². The number of hydrogen-bond acceptors (Lipinski definition) is 7. The van der Waals surface area contributed by atoms with E-state index in [1.165, 1.54) is 0 Å². The molecule has 0 bridgehead atoms. The molecule has 0 N–H and O–H groups in total. The van der Waals surface area contributed by atoms with E-state index in [0.29, 0.717) is 17.3 Å². The van der Waals surface area contributed by atoms with Gasteiger partial charge in [-0.05, 0) is 26.0 Å². The predicted molar refractivity (Wildman–Crippen MR) is 80.2 cm³/mol. The second-order valence-corrected chi connectivity index (χ2v) is 5.37. The van der Waals surface area contributed by atoms with Crippen LogP contribution < -0.4 is 4.90 Å². The molecule has 2 aromatic rings. The molecule has 114 valence electrons. The van der Waals surface area contributed by atoms with Crippen molar-refractivity contribution in [3.05, 3.63) is 35.6 Å². The molecule has 0 saturated carbocycles. The second-order valence-electron chi connectivity index (χ2n) is 5.37. The summed E-state index contributed by atoms with van der Waals surface area (Å²) in [6, 6.07) is 5.90. The summed E-state index contributed by atoms with van der Waals surface area (Å²) in [6.45, 7) is 7.27. The summed E-state index contributed by atoms with van der Waals surface area (Å²) in [4.78, 5) is 13.1. The fourth-order valence-electron chi connectivity index (χ4n) is 2.70. The third kappa shape index (κ3) is 2.78. The summed E-state index contributed by atoms with van der Waals surface area (Å²) in [6.07, 6.45) is 1.73. The van der Waals surface area contributed by atoms with Gasteiger partial charge < -0.3 is 9.42 Å². The van der Waals surface area contributed by atoms with Gasteiger partial charge in [0.2, 0.25) is 5.89 Å². The maximum Gasteiger partial charge on any atom is 0.243 e. The maximum atomic E-state index is 9.19. The lowest BCUT2D eigenvalue weighted by Gasteiger charge is -2.37. The van der Waals surface area contributed by atoms with Crippen molar-refractivity contribution in [1.82, 2.24) is 20.0 Å². The highest BCUT2D eigenvalue weighted by Gasteiger charge is 2.26. The molecular weight excluding hydrogens is 280 g/mol. The molecule has 0 radical (unpaired) electrons. The molecule has 0 amide bonds. The summed E-state index contributed by atoms with van der Waals surface area (Å²) in [5, 5.41) is 13.0. The zero-order chi connectivity index (χ0) is 15.5. The molecule has 7 nitrogen and oxygen atoms in total. The zero-order valence-electron chi connectivity index (χ0n) is 12.7. The molecule has 0 spiro atoms. The van der Waals surface area contributed by atoms with Crippen LogP contribution in [0.2, 0.25) is 0 Å². The van der Waals surface area contributed by atoms with Crippen LogP contribution in [-0.4, -0.2) is 46.2 Å². The van der Waals surface area contributed by atoms with Crippen molar-refractivity contribution in [1.29, 1.82) is 5.26 Å². The first-order chi connectivity index (χ1) is 10.7. The molecule has 1 fully saturated rings. The number of rotatable bonds is 3. The highest BCUT2D eigenvalue weighted by molar-refractivity contribution is 5.53. The van der Waals surface area contributed by atoms with Gasteiger partial charge in [0.25, 0.3) is 0 Å². The van der Waals surface area contributed by atoms with E-state index in [2.05, 4.69) is 37.9 Å². The van der Waals surface area contributed by atoms with Crippen molar-refractivity contribution in [2.45, 2.75) is 19.9 Å². The molecule has 3 heterocycles. The smallest absolute Gasteiger partial charge is 0.243 e. The third-order valence-corrected chi connectivity index (χ3v) is 3.97. The van der Waals surface area contributed by atoms with E-state index in [0.717, 1.165) is 32.0 Å². The van der Waals surface area contributed by atoms with Crippen LogP contribution in [0.1, 0.15) is 30.2 Å². The van der Waals surface area contributed by atoms with Gasteiger partial charge in [-0.15, -0.1) is 0 Å². The van der Waals surface area contributed by atoms with E-state index < -0.39 is 0 Å². The van der Waals surface area contributed by atoms with Crippen LogP contribution in [0.15, 0.2) is 22.9 Å². The van der Waals surface area contributed by atoms with Crippen molar-refractivity contribution in [2.75, 3.05) is 31.1 Å². The van der Waals surface area contributed by atoms with Gasteiger partial charge >= 0.3 is 0 Å². The minimum atomic E-state index is 0.0996. The fraction of sp³-hybridized carbons (Fsp3) is 0.467. The van der Waals surface area contributed by atoms with Crippen LogP contribution >= 0.6 is 0 Å². The lowest BCUT2D eigenvalue weighted by atomic mass is 10.2. The van der Waals surface area contributed by atoms with Gasteiger partial charge in [0.15, 0.2) is 5.82 Å². The molecule has 1 unspecified atom stereocenters. The quantitative estimate of drug-likeness (QED) is 0.849. The zero-order valence-corrected chi connectivity index (χ0v) is 12.7. The number of hydrogen-bond donors (Lipinski definition) is 0. The van der Waals surface area contributed by atoms with Gasteiger partial charge in [0.05, 0.1) is 11.6 Å². The Labute approximate surface area is 129 Å². The van der Waals surface area contributed by atoms with E-state index in [9.17, 15) is 5.26 Å². The monoisotopic (exact) mass is 298 g/mol. The van der Waals surface area contributed by atoms with E-state index in [4.69, 9.17) is 4.52 Å². The first kappa shape index (κ1) is 14.5. The standard InChI is InChI=1S/C15H18N6O/c1-11(15-18-12(2)19-22-15)20-6-8-21(9-7-20)14-13(10-16)4-3-5-17-14/h3-5,11H,6-9H2,1-2H3. The van der Waals surface area contributed by atoms with Crippen molar-refractivity contribution >= 4 is 5.82 Å². The second kappa shape index (κ2) is 6.12. The van der Waals surface area contributed by atoms with E-state index >= 15 is 0 Å². The number of pyridine rings is 1. The van der Waals surface area contributed by atoms with E-state index in [1.54, 1.807) is 18.3 Å². The summed E-state index contributed by atoms with van der Waals surface area (Å²) < 4.78 is 5.26. The number of anilines is 1. The Bertz CT molecular complexity index is 683. The Kier molecular flexibility index (Phi) is 4.02. The van der Waals surface area contributed by atoms with E-state index in [-0.39, 0.29) is 6.04 Å². The molecule has 1 aliphatic rings. The summed E-state index contributed by atoms with van der Waals surface area (Å²) >= 11 is 0. The fourth-order valence-corrected chi connectivity index (χ4v) is 2.70. The third-order valence-electron chi connectivity index (χ3n) is 3.97. The molecule has 1 aliphatic heterocycles. The molecule has 2 aromatic heterocycles. The minimum absolute atomic E-state index is 0.0996. The van der Waals surface area contributed by atoms with Crippen molar-refractivity contribution in [3.63, 3.8) is 0 Å². The lowest BCUT2D eigenvalue weighted by molar-refractivity contribution is 0.164. The summed E-state index contributed by atoms with van der Waals surface area (Å²) in [7, 11) is 0. The highest BCUT2D eigenvalue weighted by atomic mass is 16.5. The highest BCUT2D eigenvalue weighted by Crippen LogP contribution is 2.23. The molecular formula is C15H18N6O. The Morgan fingerprint density at radius 1 is 1.32 bits per heavy atom. The average Bonchev–Trinajstić information content (AvgIpc) is 3.01. The number of piperazine rings is 1. The predicted octanol–water partition coefficient (Wildman–Crippen LogP) is 1.53. The molecule has 1 saturated heterocycles. The van der Waals surface area contributed by atoms with Gasteiger partial charge in [-0.3, -0.25) is 4.90 Å². The SMILES string of the molecule is Cc1noc(C(C)N2CCN(c3ncccc3C#N)CC2)n1. The van der Waals surface area contributed by atoms with Crippen LogP contribution in [-0.2, 0) is 0 Å². The Morgan fingerprint density at radius 2 is 2.09 bits per heavy atom. The van der Waals surface area contributed by atoms with Gasteiger partial charge in [-0.25, -0.2) is 4.98 Å². The van der Waals surface area contributed by atoms with E-state index in [1.807, 2.05) is 6.92 Å². The Hall–Kier alpha value is -2.46. The summed E-state index contributed by atoms with van der Waals surface area (Å²) in [5.74, 6) is 2.08. The van der Waals surface area contributed by atoms with Crippen molar-refractivity contribution in [3.8, 4) is 6.07 Å². The molecule has 1 atom stereocenters. The van der Waals surface area contributed by atoms with Gasteiger partial charge in [0, 0.05) is 32.4 Å². The number of aryl methyl sites for hydroxylation is 1. The Morgan fingerprint density at radius 3 is 2.73 bits per heavy atom. The molecule has 7 heteroatoms. The van der Waals surface area contributed by atoms with Crippen LogP contribution in [0.3, 0.4) is 0 Å². The van der Waals surface area contributed by atoms with Gasteiger partial charge in [0.1, 0.15) is 11.9 Å². The van der Waals surface area contributed by atoms with Crippen LogP contribution in [0, 0.1) is 18.3 Å². The summed E-state index contributed by atoms with van der Waals surface area (Å²) in [5.41, 5.74) is 0.622. The lowest BCUT2D eigenvalue weighted by Crippen LogP contribution is -2.47. The first-order valence-electron chi connectivity index (χ1n) is 7.33.